The highest BCUT2D eigenvalue weighted by Crippen LogP contribution is 2.41. The van der Waals surface area contributed by atoms with Crippen LogP contribution in [-0.2, 0) is 11.3 Å². The summed E-state index contributed by atoms with van der Waals surface area (Å²) in [5, 5.41) is 0. The molecule has 1 N–H and O–H groups in total. The van der Waals surface area contributed by atoms with Crippen molar-refractivity contribution in [2.24, 2.45) is 5.41 Å². The Hall–Kier alpha value is -2.96. The van der Waals surface area contributed by atoms with Crippen molar-refractivity contribution in [1.29, 1.82) is 0 Å². The van der Waals surface area contributed by atoms with Gasteiger partial charge >= 0.3 is 0 Å². The van der Waals surface area contributed by atoms with Crippen LogP contribution in [0.5, 0.6) is 0 Å². The van der Waals surface area contributed by atoms with Gasteiger partial charge in [-0.3, -0.25) is 14.4 Å². The van der Waals surface area contributed by atoms with Gasteiger partial charge in [0.1, 0.15) is 5.82 Å². The largest absolute Gasteiger partial charge is 0.338 e. The molecule has 1 spiro atoms. The molecule has 6 nitrogen and oxygen atoms in total. The Balaban J connectivity index is 1.49. The molecule has 0 radical (unpaired) electrons. The minimum Gasteiger partial charge on any atom is -0.338 e. The Labute approximate surface area is 162 Å². The van der Waals surface area contributed by atoms with Gasteiger partial charge in [-0.1, -0.05) is 18.2 Å². The molecule has 2 aromatic rings. The number of aromatic nitrogens is 1. The molecule has 0 bridgehead atoms. The van der Waals surface area contributed by atoms with Crippen LogP contribution in [0, 0.1) is 11.2 Å². The van der Waals surface area contributed by atoms with Crippen LogP contribution in [0.25, 0.3) is 0 Å². The van der Waals surface area contributed by atoms with Gasteiger partial charge in [0.15, 0.2) is 0 Å². The molecule has 146 valence electrons. The van der Waals surface area contributed by atoms with Crippen LogP contribution in [0.4, 0.5) is 4.39 Å². The second kappa shape index (κ2) is 7.22. The summed E-state index contributed by atoms with van der Waals surface area (Å²) in [6, 6.07) is 9.32. The van der Waals surface area contributed by atoms with E-state index in [1.54, 1.807) is 28.0 Å². The normalized spacial score (nSPS) is 22.1. The van der Waals surface area contributed by atoms with Gasteiger partial charge in [0.2, 0.25) is 11.5 Å². The smallest absolute Gasteiger partial charge is 0.255 e. The van der Waals surface area contributed by atoms with Gasteiger partial charge in [-0.15, -0.1) is 0 Å². The molecular weight excluding hydrogens is 361 g/mol. The zero-order valence-corrected chi connectivity index (χ0v) is 15.5. The van der Waals surface area contributed by atoms with Crippen LogP contribution in [0.15, 0.2) is 47.4 Å². The SMILES string of the molecule is O=C(c1ccc(=O)[nH]c1)N1CC[C@@]2(CCCN(Cc3ccccc3F)C2=O)C1. The quantitative estimate of drug-likeness (QED) is 0.883. The molecule has 0 saturated carbocycles. The van der Waals surface area contributed by atoms with E-state index in [0.717, 1.165) is 12.8 Å². The van der Waals surface area contributed by atoms with Gasteiger partial charge in [0, 0.05) is 44.0 Å². The molecule has 0 aliphatic carbocycles. The first-order valence-corrected chi connectivity index (χ1v) is 9.49. The van der Waals surface area contributed by atoms with Crippen LogP contribution in [0.2, 0.25) is 0 Å². The molecule has 28 heavy (non-hydrogen) atoms. The third-order valence-electron chi connectivity index (χ3n) is 5.82. The van der Waals surface area contributed by atoms with Gasteiger partial charge in [0.25, 0.3) is 5.91 Å². The van der Waals surface area contributed by atoms with E-state index < -0.39 is 5.41 Å². The monoisotopic (exact) mass is 383 g/mol. The Morgan fingerprint density at radius 2 is 1.93 bits per heavy atom. The van der Waals surface area contributed by atoms with E-state index in [1.165, 1.54) is 24.4 Å². The number of hydrogen-bond acceptors (Lipinski definition) is 3. The highest BCUT2D eigenvalue weighted by atomic mass is 19.1. The maximum Gasteiger partial charge on any atom is 0.255 e. The van der Waals surface area contributed by atoms with E-state index in [2.05, 4.69) is 4.98 Å². The average molecular weight is 383 g/mol. The molecule has 1 aromatic heterocycles. The van der Waals surface area contributed by atoms with Crippen molar-refractivity contribution in [3.8, 4) is 0 Å². The molecule has 0 unspecified atom stereocenters. The number of carbonyl (C=O) groups excluding carboxylic acids is 2. The number of aromatic amines is 1. The lowest BCUT2D eigenvalue weighted by atomic mass is 9.78. The first kappa shape index (κ1) is 18.4. The fourth-order valence-corrected chi connectivity index (χ4v) is 4.29. The van der Waals surface area contributed by atoms with E-state index in [-0.39, 0.29) is 29.7 Å². The lowest BCUT2D eigenvalue weighted by Crippen LogP contribution is -2.50. The zero-order chi connectivity index (χ0) is 19.7. The summed E-state index contributed by atoms with van der Waals surface area (Å²) >= 11 is 0. The van der Waals surface area contributed by atoms with E-state index in [1.807, 2.05) is 0 Å². The third-order valence-corrected chi connectivity index (χ3v) is 5.82. The second-order valence-corrected chi connectivity index (χ2v) is 7.62. The number of amides is 2. The predicted molar refractivity (Wildman–Crippen MR) is 101 cm³/mol. The first-order valence-electron chi connectivity index (χ1n) is 9.49. The molecule has 3 heterocycles. The lowest BCUT2D eigenvalue weighted by Gasteiger charge is -2.39. The van der Waals surface area contributed by atoms with Gasteiger partial charge in [-0.2, -0.15) is 0 Å². The lowest BCUT2D eigenvalue weighted by molar-refractivity contribution is -0.146. The number of nitrogens with zero attached hydrogens (tertiary/aromatic N) is 2. The highest BCUT2D eigenvalue weighted by Gasteiger charge is 2.49. The number of pyridine rings is 1. The number of likely N-dealkylation sites (tertiary alicyclic amines) is 2. The summed E-state index contributed by atoms with van der Waals surface area (Å²) < 4.78 is 14.0. The minimum absolute atomic E-state index is 0.00114. The number of H-pyrrole nitrogens is 1. The van der Waals surface area contributed by atoms with E-state index in [4.69, 9.17) is 0 Å². The van der Waals surface area contributed by atoms with Crippen molar-refractivity contribution in [2.75, 3.05) is 19.6 Å². The van der Waals surface area contributed by atoms with Crippen LogP contribution < -0.4 is 5.56 Å². The average Bonchev–Trinajstić information content (AvgIpc) is 3.12. The van der Waals surface area contributed by atoms with Crippen molar-refractivity contribution in [3.05, 3.63) is 69.9 Å². The molecular formula is C21H22FN3O3. The van der Waals surface area contributed by atoms with Gasteiger partial charge in [0.05, 0.1) is 11.0 Å². The second-order valence-electron chi connectivity index (χ2n) is 7.62. The molecule has 2 saturated heterocycles. The molecule has 2 fully saturated rings. The molecule has 2 aliphatic rings. The van der Waals surface area contributed by atoms with Crippen LogP contribution >= 0.6 is 0 Å². The number of rotatable bonds is 3. The summed E-state index contributed by atoms with van der Waals surface area (Å²) in [7, 11) is 0. The minimum atomic E-state index is -0.596. The Morgan fingerprint density at radius 1 is 1.11 bits per heavy atom. The predicted octanol–water partition coefficient (Wildman–Crippen LogP) is 2.17. The highest BCUT2D eigenvalue weighted by molar-refractivity contribution is 5.95. The van der Waals surface area contributed by atoms with Crippen LogP contribution in [0.3, 0.4) is 0 Å². The summed E-state index contributed by atoms with van der Waals surface area (Å²) in [6.07, 6.45) is 3.58. The molecule has 1 atom stereocenters. The number of carbonyl (C=O) groups is 2. The standard InChI is InChI=1S/C21H22FN3O3/c22-17-5-2-1-4-16(17)13-24-10-3-8-21(20(24)28)9-11-25(14-21)19(27)15-6-7-18(26)23-12-15/h1-2,4-7,12H,3,8-11,13-14H2,(H,23,26)/t21-/m0/s1. The van der Waals surface area contributed by atoms with Crippen molar-refractivity contribution in [3.63, 3.8) is 0 Å². The van der Waals surface area contributed by atoms with Gasteiger partial charge in [-0.05, 0) is 31.4 Å². The summed E-state index contributed by atoms with van der Waals surface area (Å²) in [5.74, 6) is -0.498. The maximum atomic E-state index is 14.0. The van der Waals surface area contributed by atoms with Crippen molar-refractivity contribution >= 4 is 11.8 Å². The fraction of sp³-hybridized carbons (Fsp3) is 0.381. The van der Waals surface area contributed by atoms with Crippen molar-refractivity contribution in [1.82, 2.24) is 14.8 Å². The van der Waals surface area contributed by atoms with E-state index >= 15 is 0 Å². The number of halogens is 1. The summed E-state index contributed by atoms with van der Waals surface area (Å²) in [6.45, 7) is 1.71. The molecule has 1 aromatic carbocycles. The van der Waals surface area contributed by atoms with Gasteiger partial charge in [-0.25, -0.2) is 4.39 Å². The molecule has 7 heteroatoms. The Morgan fingerprint density at radius 3 is 2.68 bits per heavy atom. The van der Waals surface area contributed by atoms with Crippen molar-refractivity contribution in [2.45, 2.75) is 25.8 Å². The molecule has 2 aliphatic heterocycles. The van der Waals surface area contributed by atoms with Crippen LogP contribution in [-0.4, -0.2) is 46.2 Å². The number of benzene rings is 1. The summed E-state index contributed by atoms with van der Waals surface area (Å²) in [5.41, 5.74) is 0.0531. The fourth-order valence-electron chi connectivity index (χ4n) is 4.29. The first-order chi connectivity index (χ1) is 13.5. The van der Waals surface area contributed by atoms with E-state index in [0.29, 0.717) is 37.2 Å². The molecule has 2 amide bonds. The van der Waals surface area contributed by atoms with Crippen molar-refractivity contribution < 1.29 is 14.0 Å². The maximum absolute atomic E-state index is 14.0. The van der Waals surface area contributed by atoms with Crippen LogP contribution in [0.1, 0.15) is 35.2 Å². The number of piperidine rings is 1. The topological polar surface area (TPSA) is 73.5 Å². The number of hydrogen-bond donors (Lipinski definition) is 1. The van der Waals surface area contributed by atoms with E-state index in [9.17, 15) is 18.8 Å². The molecule has 4 rings (SSSR count). The summed E-state index contributed by atoms with van der Waals surface area (Å²) in [4.78, 5) is 43.1. The van der Waals surface area contributed by atoms with Gasteiger partial charge < -0.3 is 14.8 Å². The third kappa shape index (κ3) is 3.32. The Kier molecular flexibility index (Phi) is 4.75. The Bertz CT molecular complexity index is 953. The number of nitrogens with one attached hydrogen (secondary N) is 1. The zero-order valence-electron chi connectivity index (χ0n) is 15.5.